The largest absolute Gasteiger partial charge is 0.437 e. The predicted molar refractivity (Wildman–Crippen MR) is 147 cm³/mol. The van der Waals surface area contributed by atoms with Gasteiger partial charge in [0.15, 0.2) is 0 Å². The van der Waals surface area contributed by atoms with E-state index >= 15 is 0 Å². The highest BCUT2D eigenvalue weighted by Gasteiger charge is 2.43. The monoisotopic (exact) mass is 580 g/mol. The van der Waals surface area contributed by atoms with Gasteiger partial charge < -0.3 is 15.1 Å². The van der Waals surface area contributed by atoms with E-state index < -0.39 is 42.2 Å². The molecule has 2 heterocycles. The second-order valence-corrected chi connectivity index (χ2v) is 10.8. The fourth-order valence-electron chi connectivity index (χ4n) is 5.19. The third kappa shape index (κ3) is 5.93. The van der Waals surface area contributed by atoms with Crippen LogP contribution in [0.3, 0.4) is 0 Å². The van der Waals surface area contributed by atoms with Crippen molar-refractivity contribution in [3.8, 4) is 17.4 Å². The number of nitriles is 1. The minimum Gasteiger partial charge on any atom is -0.437 e. The SMILES string of the molecule is CNC(=O)c1c(-c2ccc(F)cc2)oc2nc(CCC(F)(F)F)c(C3=CC(C(=O)NC(C)(C#N)C4CC4)CC=C3)cc12. The number of nitrogens with zero attached hydrogens (tertiary/aromatic N) is 2. The van der Waals surface area contributed by atoms with Crippen molar-refractivity contribution in [2.45, 2.75) is 50.7 Å². The van der Waals surface area contributed by atoms with Gasteiger partial charge in [-0.3, -0.25) is 9.59 Å². The third-order valence-corrected chi connectivity index (χ3v) is 7.69. The number of carbonyl (C=O) groups is 2. The number of halogens is 4. The van der Waals surface area contributed by atoms with Gasteiger partial charge in [-0.05, 0) is 74.4 Å². The minimum absolute atomic E-state index is 0.0437. The second-order valence-electron chi connectivity index (χ2n) is 10.8. The van der Waals surface area contributed by atoms with Crippen molar-refractivity contribution in [3.63, 3.8) is 0 Å². The van der Waals surface area contributed by atoms with E-state index in [9.17, 15) is 32.4 Å². The van der Waals surface area contributed by atoms with Crippen LogP contribution in [0.15, 0.2) is 53.0 Å². The number of aryl methyl sites for hydroxylation is 1. The van der Waals surface area contributed by atoms with Gasteiger partial charge in [-0.25, -0.2) is 9.37 Å². The summed E-state index contributed by atoms with van der Waals surface area (Å²) in [6, 6.07) is 9.01. The summed E-state index contributed by atoms with van der Waals surface area (Å²) in [4.78, 5) is 30.6. The number of benzene rings is 1. The van der Waals surface area contributed by atoms with Crippen LogP contribution in [-0.2, 0) is 11.2 Å². The molecule has 1 aromatic carbocycles. The van der Waals surface area contributed by atoms with Crippen LogP contribution < -0.4 is 10.6 Å². The molecule has 0 aliphatic heterocycles. The van der Waals surface area contributed by atoms with E-state index in [1.165, 1.54) is 31.3 Å². The summed E-state index contributed by atoms with van der Waals surface area (Å²) in [5, 5.41) is 15.3. The highest BCUT2D eigenvalue weighted by atomic mass is 19.4. The van der Waals surface area contributed by atoms with Crippen molar-refractivity contribution in [3.05, 3.63) is 71.2 Å². The fraction of sp³-hybridized carbons (Fsp3) is 0.355. The zero-order chi connectivity index (χ0) is 30.2. The average Bonchev–Trinajstić information content (AvgIpc) is 3.77. The molecule has 7 nitrogen and oxygen atoms in total. The molecule has 1 fully saturated rings. The molecule has 0 bridgehead atoms. The first-order chi connectivity index (χ1) is 19.9. The molecular formula is C31H28F4N4O3. The molecule has 2 aromatic heterocycles. The maximum Gasteiger partial charge on any atom is 0.389 e. The summed E-state index contributed by atoms with van der Waals surface area (Å²) in [5.41, 5.74) is 0.306. The lowest BCUT2D eigenvalue weighted by atomic mass is 9.88. The molecule has 2 unspecified atom stereocenters. The molecule has 2 aliphatic rings. The van der Waals surface area contributed by atoms with Crippen LogP contribution in [0.1, 0.15) is 54.2 Å². The van der Waals surface area contributed by atoms with Crippen LogP contribution in [0.2, 0.25) is 0 Å². The van der Waals surface area contributed by atoms with Crippen LogP contribution in [0.25, 0.3) is 28.0 Å². The van der Waals surface area contributed by atoms with Gasteiger partial charge in [0.05, 0.1) is 28.6 Å². The Kier molecular flexibility index (Phi) is 7.66. The number of allylic oxidation sites excluding steroid dienone is 3. The summed E-state index contributed by atoms with van der Waals surface area (Å²) in [7, 11) is 1.42. The topological polar surface area (TPSA) is 108 Å². The Bertz CT molecular complexity index is 1650. The molecule has 11 heteroatoms. The van der Waals surface area contributed by atoms with Crippen LogP contribution in [-0.4, -0.2) is 35.6 Å². The number of furan rings is 1. The zero-order valence-electron chi connectivity index (χ0n) is 22.9. The van der Waals surface area contributed by atoms with Crippen molar-refractivity contribution >= 4 is 28.5 Å². The molecule has 42 heavy (non-hydrogen) atoms. The summed E-state index contributed by atoms with van der Waals surface area (Å²) in [5.74, 6) is -1.86. The summed E-state index contributed by atoms with van der Waals surface area (Å²) in [6.07, 6.45) is 1.09. The number of amides is 2. The van der Waals surface area contributed by atoms with Crippen molar-refractivity contribution in [1.29, 1.82) is 5.26 Å². The predicted octanol–water partition coefficient (Wildman–Crippen LogP) is 6.26. The quantitative estimate of drug-likeness (QED) is 0.306. The number of alkyl halides is 3. The van der Waals surface area contributed by atoms with Crippen LogP contribution in [0, 0.1) is 29.0 Å². The number of fused-ring (bicyclic) bond motifs is 1. The smallest absolute Gasteiger partial charge is 0.389 e. The van der Waals surface area contributed by atoms with Gasteiger partial charge in [0, 0.05) is 24.6 Å². The molecular weight excluding hydrogens is 552 g/mol. The highest BCUT2D eigenvalue weighted by Crippen LogP contribution is 2.40. The Morgan fingerprint density at radius 1 is 1.19 bits per heavy atom. The summed E-state index contributed by atoms with van der Waals surface area (Å²) in [6.45, 7) is 1.69. The number of nitrogens with one attached hydrogen (secondary N) is 2. The summed E-state index contributed by atoms with van der Waals surface area (Å²) < 4.78 is 59.4. The Labute approximate surface area is 239 Å². The van der Waals surface area contributed by atoms with Crippen LogP contribution >= 0.6 is 0 Å². The fourth-order valence-corrected chi connectivity index (χ4v) is 5.19. The van der Waals surface area contributed by atoms with Crippen LogP contribution in [0.5, 0.6) is 0 Å². The first-order valence-corrected chi connectivity index (χ1v) is 13.6. The second kappa shape index (κ2) is 11.1. The van der Waals surface area contributed by atoms with Crippen molar-refractivity contribution in [2.24, 2.45) is 11.8 Å². The summed E-state index contributed by atoms with van der Waals surface area (Å²) >= 11 is 0. The Balaban J connectivity index is 1.61. The van der Waals surface area contributed by atoms with Gasteiger partial charge in [-0.15, -0.1) is 0 Å². The number of hydrogen-bond donors (Lipinski definition) is 2. The number of carbonyl (C=O) groups excluding carboxylic acids is 2. The van der Waals surface area contributed by atoms with Gasteiger partial charge >= 0.3 is 6.18 Å². The van der Waals surface area contributed by atoms with Crippen molar-refractivity contribution in [1.82, 2.24) is 15.6 Å². The van der Waals surface area contributed by atoms with Crippen LogP contribution in [0.4, 0.5) is 17.6 Å². The van der Waals surface area contributed by atoms with Crippen molar-refractivity contribution in [2.75, 3.05) is 7.05 Å². The Morgan fingerprint density at radius 3 is 2.52 bits per heavy atom. The van der Waals surface area contributed by atoms with E-state index in [1.54, 1.807) is 31.2 Å². The molecule has 3 aromatic rings. The molecule has 1 saturated carbocycles. The molecule has 0 saturated heterocycles. The highest BCUT2D eigenvalue weighted by molar-refractivity contribution is 6.11. The molecule has 218 valence electrons. The molecule has 0 radical (unpaired) electrons. The van der Waals surface area contributed by atoms with Gasteiger partial charge in [0.25, 0.3) is 5.91 Å². The molecule has 0 spiro atoms. The molecule has 2 atom stereocenters. The van der Waals surface area contributed by atoms with Crippen molar-refractivity contribution < 1.29 is 31.6 Å². The van der Waals surface area contributed by atoms with E-state index in [2.05, 4.69) is 21.7 Å². The van der Waals surface area contributed by atoms with Gasteiger partial charge in [-0.2, -0.15) is 18.4 Å². The maximum atomic E-state index is 13.6. The lowest BCUT2D eigenvalue weighted by molar-refractivity contribution is -0.134. The van der Waals surface area contributed by atoms with Gasteiger partial charge in [-0.1, -0.05) is 18.2 Å². The molecule has 2 N–H and O–H groups in total. The number of hydrogen-bond acceptors (Lipinski definition) is 5. The standard InChI is InChI=1S/C31H28F4N4O3/c1-30(16-36,20-8-9-20)39-27(40)19-5-3-4-18(14-19)22-15-23-25(28(41)37-2)26(17-6-10-21(32)11-7-17)42-29(23)38-24(22)12-13-31(33,34)35/h3-4,6-7,10-11,14-15,19-20H,5,8-9,12-13H2,1-2H3,(H,37,41)(H,39,40). The zero-order valence-corrected chi connectivity index (χ0v) is 22.9. The van der Waals surface area contributed by atoms with E-state index in [0.717, 1.165) is 12.8 Å². The lowest BCUT2D eigenvalue weighted by Gasteiger charge is -2.26. The Hall–Kier alpha value is -4.46. The molecule has 2 aliphatic carbocycles. The third-order valence-electron chi connectivity index (χ3n) is 7.69. The number of aromatic nitrogens is 1. The number of pyridine rings is 1. The van der Waals surface area contributed by atoms with E-state index in [-0.39, 0.29) is 39.9 Å². The molecule has 2 amide bonds. The van der Waals surface area contributed by atoms with E-state index in [0.29, 0.717) is 23.1 Å². The first-order valence-electron chi connectivity index (χ1n) is 13.6. The first kappa shape index (κ1) is 29.0. The van der Waals surface area contributed by atoms with Gasteiger partial charge in [0.2, 0.25) is 11.6 Å². The van der Waals surface area contributed by atoms with E-state index in [4.69, 9.17) is 4.42 Å². The minimum atomic E-state index is -4.45. The van der Waals surface area contributed by atoms with E-state index in [1.807, 2.05) is 0 Å². The number of rotatable bonds is 8. The Morgan fingerprint density at radius 2 is 1.90 bits per heavy atom. The normalized spacial score (nSPS) is 18.2. The van der Waals surface area contributed by atoms with Gasteiger partial charge in [0.1, 0.15) is 17.1 Å². The molecule has 5 rings (SSSR count). The average molecular weight is 581 g/mol. The lowest BCUT2D eigenvalue weighted by Crippen LogP contribution is -2.48. The maximum absolute atomic E-state index is 13.6.